The van der Waals surface area contributed by atoms with Crippen molar-refractivity contribution in [2.24, 2.45) is 0 Å². The molecular formula is C30H33ClN6O4. The number of hydrogen-bond acceptors (Lipinski definition) is 7. The number of anilines is 1. The molecule has 2 aliphatic heterocycles. The highest BCUT2D eigenvalue weighted by atomic mass is 35.5. The molecule has 0 spiro atoms. The van der Waals surface area contributed by atoms with Crippen LogP contribution < -0.4 is 10.6 Å². The fourth-order valence-corrected chi connectivity index (χ4v) is 5.43. The lowest BCUT2D eigenvalue weighted by Gasteiger charge is -2.29. The monoisotopic (exact) mass is 576 g/mol. The number of carbonyl (C=O) groups is 3. The SMILES string of the molecule is Cc1cccc([C@@H](CO)NC(=O)[C@@H](C)N2Cc3ccc(-c4nc(NC5CCN(C)C(=O)C5)ncc4Cl)cc3C2=O)c1. The first kappa shape index (κ1) is 28.5. The second-order valence-corrected chi connectivity index (χ2v) is 11.1. The lowest BCUT2D eigenvalue weighted by atomic mass is 10.0. The van der Waals surface area contributed by atoms with Crippen molar-refractivity contribution in [2.45, 2.75) is 51.4 Å². The van der Waals surface area contributed by atoms with E-state index in [1.807, 2.05) is 43.3 Å². The minimum absolute atomic E-state index is 0.0644. The van der Waals surface area contributed by atoms with Crippen molar-refractivity contribution in [3.8, 4) is 11.3 Å². The molecular weight excluding hydrogens is 544 g/mol. The number of nitrogens with one attached hydrogen (secondary N) is 2. The molecule has 214 valence electrons. The van der Waals surface area contributed by atoms with Crippen molar-refractivity contribution in [3.05, 3.63) is 75.9 Å². The number of amides is 3. The number of aliphatic hydroxyl groups excluding tert-OH is 1. The molecule has 1 saturated heterocycles. The molecule has 41 heavy (non-hydrogen) atoms. The van der Waals surface area contributed by atoms with E-state index in [0.29, 0.717) is 40.8 Å². The second-order valence-electron chi connectivity index (χ2n) is 10.7. The topological polar surface area (TPSA) is 128 Å². The van der Waals surface area contributed by atoms with E-state index in [1.165, 1.54) is 11.1 Å². The first-order valence-corrected chi connectivity index (χ1v) is 14.0. The zero-order chi connectivity index (χ0) is 29.3. The summed E-state index contributed by atoms with van der Waals surface area (Å²) in [5.74, 6) is -0.199. The second kappa shape index (κ2) is 11.8. The fourth-order valence-electron chi connectivity index (χ4n) is 5.23. The molecule has 0 aliphatic carbocycles. The van der Waals surface area contributed by atoms with Gasteiger partial charge in [-0.05, 0) is 37.5 Å². The molecule has 0 radical (unpaired) electrons. The third-order valence-corrected chi connectivity index (χ3v) is 8.02. The molecule has 0 bridgehead atoms. The van der Waals surface area contributed by atoms with Gasteiger partial charge in [0, 0.05) is 43.7 Å². The van der Waals surface area contributed by atoms with E-state index in [1.54, 1.807) is 24.9 Å². The molecule has 1 unspecified atom stereocenters. The lowest BCUT2D eigenvalue weighted by molar-refractivity contribution is -0.132. The Hall–Kier alpha value is -4.02. The molecule has 3 atom stereocenters. The highest BCUT2D eigenvalue weighted by molar-refractivity contribution is 6.33. The number of aliphatic hydroxyl groups is 1. The maximum atomic E-state index is 13.5. The largest absolute Gasteiger partial charge is 0.394 e. The smallest absolute Gasteiger partial charge is 0.255 e. The van der Waals surface area contributed by atoms with Crippen molar-refractivity contribution in [1.29, 1.82) is 0 Å². The van der Waals surface area contributed by atoms with Crippen LogP contribution in [0.4, 0.5) is 5.95 Å². The molecule has 3 heterocycles. The van der Waals surface area contributed by atoms with Crippen molar-refractivity contribution >= 4 is 35.3 Å². The lowest BCUT2D eigenvalue weighted by Crippen LogP contribution is -2.46. The average Bonchev–Trinajstić information content (AvgIpc) is 3.29. The Balaban J connectivity index is 1.30. The van der Waals surface area contributed by atoms with Crippen molar-refractivity contribution in [2.75, 3.05) is 25.5 Å². The van der Waals surface area contributed by atoms with Crippen molar-refractivity contribution in [1.82, 2.24) is 25.1 Å². The quantitative estimate of drug-likeness (QED) is 0.375. The van der Waals surface area contributed by atoms with E-state index in [0.717, 1.165) is 23.1 Å². The molecule has 1 aromatic heterocycles. The van der Waals surface area contributed by atoms with Crippen LogP contribution in [0.1, 0.15) is 52.9 Å². The summed E-state index contributed by atoms with van der Waals surface area (Å²) in [6.07, 6.45) is 2.64. The van der Waals surface area contributed by atoms with Crippen LogP contribution in [0.25, 0.3) is 11.3 Å². The van der Waals surface area contributed by atoms with Crippen LogP contribution in [0.15, 0.2) is 48.7 Å². The van der Waals surface area contributed by atoms with E-state index in [4.69, 9.17) is 11.6 Å². The number of nitrogens with zero attached hydrogens (tertiary/aromatic N) is 4. The van der Waals surface area contributed by atoms with Crippen LogP contribution in [-0.2, 0) is 16.1 Å². The van der Waals surface area contributed by atoms with Crippen molar-refractivity contribution < 1.29 is 19.5 Å². The van der Waals surface area contributed by atoms with E-state index >= 15 is 0 Å². The number of carbonyl (C=O) groups excluding carboxylic acids is 3. The van der Waals surface area contributed by atoms with E-state index in [-0.39, 0.29) is 36.9 Å². The predicted octanol–water partition coefficient (Wildman–Crippen LogP) is 3.33. The molecule has 1 fully saturated rings. The first-order valence-electron chi connectivity index (χ1n) is 13.6. The van der Waals surface area contributed by atoms with Gasteiger partial charge in [-0.3, -0.25) is 14.4 Å². The number of likely N-dealkylation sites (tertiary alicyclic amines) is 1. The van der Waals surface area contributed by atoms with Crippen LogP contribution in [-0.4, -0.2) is 74.9 Å². The Labute approximate surface area is 243 Å². The zero-order valence-corrected chi connectivity index (χ0v) is 24.0. The first-order chi connectivity index (χ1) is 19.6. The summed E-state index contributed by atoms with van der Waals surface area (Å²) < 4.78 is 0. The molecule has 11 heteroatoms. The Bertz CT molecular complexity index is 1500. The maximum Gasteiger partial charge on any atom is 0.255 e. The molecule has 3 amide bonds. The van der Waals surface area contributed by atoms with Gasteiger partial charge in [0.2, 0.25) is 17.8 Å². The van der Waals surface area contributed by atoms with Gasteiger partial charge in [0.25, 0.3) is 5.91 Å². The normalized spacial score (nSPS) is 18.2. The average molecular weight is 577 g/mol. The number of halogens is 1. The van der Waals surface area contributed by atoms with Gasteiger partial charge in [0.15, 0.2) is 0 Å². The number of aromatic nitrogens is 2. The molecule has 2 aromatic carbocycles. The summed E-state index contributed by atoms with van der Waals surface area (Å²) in [6, 6.07) is 11.6. The van der Waals surface area contributed by atoms with Gasteiger partial charge in [0.05, 0.1) is 29.6 Å². The van der Waals surface area contributed by atoms with Gasteiger partial charge >= 0.3 is 0 Å². The summed E-state index contributed by atoms with van der Waals surface area (Å²) in [5, 5.41) is 16.4. The minimum Gasteiger partial charge on any atom is -0.394 e. The molecule has 2 aliphatic rings. The number of piperidine rings is 1. The number of fused-ring (bicyclic) bond motifs is 1. The van der Waals surface area contributed by atoms with Gasteiger partial charge in [-0.25, -0.2) is 9.97 Å². The van der Waals surface area contributed by atoms with Gasteiger partial charge in [0.1, 0.15) is 6.04 Å². The highest BCUT2D eigenvalue weighted by Crippen LogP contribution is 2.32. The molecule has 5 rings (SSSR count). The molecule has 3 aromatic rings. The fraction of sp³-hybridized carbons (Fsp3) is 0.367. The van der Waals surface area contributed by atoms with Gasteiger partial charge in [-0.2, -0.15) is 0 Å². The van der Waals surface area contributed by atoms with Gasteiger partial charge < -0.3 is 25.5 Å². The maximum absolute atomic E-state index is 13.5. The molecule has 10 nitrogen and oxygen atoms in total. The van der Waals surface area contributed by atoms with Crippen LogP contribution in [0.2, 0.25) is 5.02 Å². The summed E-state index contributed by atoms with van der Waals surface area (Å²) in [5.41, 5.74) is 4.20. The number of benzene rings is 2. The third-order valence-electron chi connectivity index (χ3n) is 7.74. The summed E-state index contributed by atoms with van der Waals surface area (Å²) >= 11 is 6.46. The van der Waals surface area contributed by atoms with Crippen LogP contribution in [0.3, 0.4) is 0 Å². The number of aryl methyl sites for hydroxylation is 1. The standard InChI is InChI=1S/C30H33ClN6O4/c1-17-5-4-6-19(11-17)25(16-38)34-28(40)18(2)37-15-21-8-7-20(12-23(21)29(37)41)27-24(31)14-32-30(35-27)33-22-9-10-36(3)26(39)13-22/h4-8,11-12,14,18,22,25,38H,9-10,13,15-16H2,1-3H3,(H,34,40)(H,32,33,35)/t18-,22?,25-/m1/s1. The Morgan fingerprint density at radius 2 is 2.02 bits per heavy atom. The van der Waals surface area contributed by atoms with Gasteiger partial charge in [-0.1, -0.05) is 53.6 Å². The van der Waals surface area contributed by atoms with E-state index in [9.17, 15) is 19.5 Å². The Morgan fingerprint density at radius 3 is 2.76 bits per heavy atom. The number of hydrogen-bond donors (Lipinski definition) is 3. The third kappa shape index (κ3) is 6.03. The zero-order valence-electron chi connectivity index (χ0n) is 23.2. The van der Waals surface area contributed by atoms with E-state index in [2.05, 4.69) is 20.6 Å². The summed E-state index contributed by atoms with van der Waals surface area (Å²) in [6.45, 7) is 4.30. The molecule has 0 saturated carbocycles. The Kier molecular flexibility index (Phi) is 8.23. The molecule has 3 N–H and O–H groups in total. The predicted molar refractivity (Wildman–Crippen MR) is 155 cm³/mol. The van der Waals surface area contributed by atoms with E-state index < -0.39 is 12.1 Å². The highest BCUT2D eigenvalue weighted by Gasteiger charge is 2.35. The summed E-state index contributed by atoms with van der Waals surface area (Å²) in [4.78, 5) is 50.8. The minimum atomic E-state index is -0.757. The van der Waals surface area contributed by atoms with Crippen molar-refractivity contribution in [3.63, 3.8) is 0 Å². The Morgan fingerprint density at radius 1 is 1.22 bits per heavy atom. The van der Waals surface area contributed by atoms with Crippen LogP contribution >= 0.6 is 11.6 Å². The number of rotatable bonds is 8. The summed E-state index contributed by atoms with van der Waals surface area (Å²) in [7, 11) is 1.79. The van der Waals surface area contributed by atoms with Gasteiger partial charge in [-0.15, -0.1) is 0 Å². The van der Waals surface area contributed by atoms with Crippen LogP contribution in [0.5, 0.6) is 0 Å². The van der Waals surface area contributed by atoms with Crippen LogP contribution in [0, 0.1) is 6.92 Å².